The van der Waals surface area contributed by atoms with Gasteiger partial charge in [0.25, 0.3) is 0 Å². The largest absolute Gasteiger partial charge is 0.497 e. The molecule has 0 aromatic heterocycles. The topological polar surface area (TPSA) is 59.6 Å². The van der Waals surface area contributed by atoms with E-state index in [0.717, 1.165) is 15.9 Å². The third kappa shape index (κ3) is 3.43. The number of halogens is 1. The highest BCUT2D eigenvalue weighted by Gasteiger charge is 2.02. The van der Waals surface area contributed by atoms with Crippen LogP contribution in [0.2, 0.25) is 0 Å². The van der Waals surface area contributed by atoms with Crippen LogP contribution in [0.15, 0.2) is 27.7 Å². The number of hydrogen-bond donors (Lipinski definition) is 2. The molecule has 0 aliphatic heterocycles. The first kappa shape index (κ1) is 11.8. The summed E-state index contributed by atoms with van der Waals surface area (Å²) >= 11 is 3.41. The van der Waals surface area contributed by atoms with Crippen molar-refractivity contribution in [3.63, 3.8) is 0 Å². The van der Waals surface area contributed by atoms with E-state index in [1.807, 2.05) is 25.1 Å². The summed E-state index contributed by atoms with van der Waals surface area (Å²) in [5.41, 5.74) is 6.49. The van der Waals surface area contributed by atoms with Crippen molar-refractivity contribution in [1.82, 2.24) is 0 Å². The van der Waals surface area contributed by atoms with Crippen LogP contribution in [0, 0.1) is 0 Å². The van der Waals surface area contributed by atoms with Crippen LogP contribution < -0.4 is 15.8 Å². The first-order valence-electron chi connectivity index (χ1n) is 4.58. The number of ether oxygens (including phenoxy) is 1. The number of nitrogens with zero attached hydrogens (tertiary/aromatic N) is 1. The summed E-state index contributed by atoms with van der Waals surface area (Å²) in [6.45, 7) is 2.58. The van der Waals surface area contributed by atoms with Crippen molar-refractivity contribution in [2.75, 3.05) is 19.0 Å². The summed E-state index contributed by atoms with van der Waals surface area (Å²) in [6.07, 6.45) is 0. The third-order valence-electron chi connectivity index (χ3n) is 1.76. The van der Waals surface area contributed by atoms with Crippen molar-refractivity contribution in [2.45, 2.75) is 6.92 Å². The molecule has 0 heterocycles. The van der Waals surface area contributed by atoms with Crippen molar-refractivity contribution < 1.29 is 4.74 Å². The molecular weight excluding hydrogens is 258 g/mol. The SMILES string of the molecule is CCN=C(N)Nc1cc(OC)ccc1Br. The van der Waals surface area contributed by atoms with Crippen LogP contribution >= 0.6 is 15.9 Å². The maximum absolute atomic E-state index is 5.65. The van der Waals surface area contributed by atoms with Gasteiger partial charge < -0.3 is 15.8 Å². The maximum atomic E-state index is 5.65. The molecule has 0 saturated carbocycles. The van der Waals surface area contributed by atoms with Crippen molar-refractivity contribution in [1.29, 1.82) is 0 Å². The summed E-state index contributed by atoms with van der Waals surface area (Å²) in [4.78, 5) is 4.04. The maximum Gasteiger partial charge on any atom is 0.193 e. The molecule has 0 saturated heterocycles. The van der Waals surface area contributed by atoms with Gasteiger partial charge in [0.15, 0.2) is 5.96 Å². The first-order chi connectivity index (χ1) is 7.17. The minimum absolute atomic E-state index is 0.395. The molecule has 0 spiro atoms. The average Bonchev–Trinajstić information content (AvgIpc) is 2.21. The van der Waals surface area contributed by atoms with E-state index in [0.29, 0.717) is 12.5 Å². The van der Waals surface area contributed by atoms with E-state index in [2.05, 4.69) is 26.2 Å². The van der Waals surface area contributed by atoms with Gasteiger partial charge in [0.05, 0.1) is 12.8 Å². The van der Waals surface area contributed by atoms with E-state index >= 15 is 0 Å². The molecule has 0 aliphatic carbocycles. The third-order valence-corrected chi connectivity index (χ3v) is 2.46. The van der Waals surface area contributed by atoms with Crippen molar-refractivity contribution >= 4 is 27.6 Å². The number of methoxy groups -OCH3 is 1. The van der Waals surface area contributed by atoms with Crippen LogP contribution in [0.4, 0.5) is 5.69 Å². The quantitative estimate of drug-likeness (QED) is 0.655. The lowest BCUT2D eigenvalue weighted by Gasteiger charge is -2.09. The minimum atomic E-state index is 0.395. The number of nitrogens with two attached hydrogens (primary N) is 1. The fraction of sp³-hybridized carbons (Fsp3) is 0.300. The summed E-state index contributed by atoms with van der Waals surface area (Å²) in [7, 11) is 1.62. The van der Waals surface area contributed by atoms with Crippen molar-refractivity contribution in [3.8, 4) is 5.75 Å². The molecule has 0 aliphatic rings. The number of guanidine groups is 1. The van der Waals surface area contributed by atoms with Crippen LogP contribution in [0.1, 0.15) is 6.92 Å². The second-order valence-corrected chi connectivity index (χ2v) is 3.68. The van der Waals surface area contributed by atoms with Gasteiger partial charge in [-0.2, -0.15) is 0 Å². The number of hydrogen-bond acceptors (Lipinski definition) is 2. The van der Waals surface area contributed by atoms with Gasteiger partial charge in [0.1, 0.15) is 5.75 Å². The van der Waals surface area contributed by atoms with E-state index in [1.54, 1.807) is 7.11 Å². The molecule has 0 amide bonds. The molecule has 5 heteroatoms. The normalized spacial score (nSPS) is 11.3. The Balaban J connectivity index is 2.88. The van der Waals surface area contributed by atoms with E-state index in [4.69, 9.17) is 10.5 Å². The van der Waals surface area contributed by atoms with E-state index in [-0.39, 0.29) is 0 Å². The Kier molecular flexibility index (Phi) is 4.42. The number of aliphatic imine (C=N–C) groups is 1. The summed E-state index contributed by atoms with van der Waals surface area (Å²) < 4.78 is 6.02. The smallest absolute Gasteiger partial charge is 0.193 e. The van der Waals surface area contributed by atoms with Gasteiger partial charge in [-0.15, -0.1) is 0 Å². The lowest BCUT2D eigenvalue weighted by Crippen LogP contribution is -2.22. The highest BCUT2D eigenvalue weighted by atomic mass is 79.9. The van der Waals surface area contributed by atoms with Gasteiger partial charge in [-0.05, 0) is 35.0 Å². The van der Waals surface area contributed by atoms with Crippen molar-refractivity contribution in [2.24, 2.45) is 10.7 Å². The molecular formula is C10H14BrN3O. The van der Waals surface area contributed by atoms with Gasteiger partial charge in [-0.25, -0.2) is 0 Å². The molecule has 1 rings (SSSR count). The predicted octanol–water partition coefficient (Wildman–Crippen LogP) is 2.20. The fourth-order valence-electron chi connectivity index (χ4n) is 1.07. The second-order valence-electron chi connectivity index (χ2n) is 2.83. The van der Waals surface area contributed by atoms with Gasteiger partial charge in [0, 0.05) is 17.1 Å². The van der Waals surface area contributed by atoms with Gasteiger partial charge in [-0.1, -0.05) is 0 Å². The molecule has 15 heavy (non-hydrogen) atoms. The van der Waals surface area contributed by atoms with Gasteiger partial charge >= 0.3 is 0 Å². The Morgan fingerprint density at radius 2 is 2.33 bits per heavy atom. The Morgan fingerprint density at radius 3 is 2.93 bits per heavy atom. The Labute approximate surface area is 97.7 Å². The zero-order valence-corrected chi connectivity index (χ0v) is 10.3. The van der Waals surface area contributed by atoms with Crippen LogP contribution in [0.5, 0.6) is 5.75 Å². The minimum Gasteiger partial charge on any atom is -0.497 e. The number of anilines is 1. The molecule has 82 valence electrons. The molecule has 0 radical (unpaired) electrons. The number of rotatable bonds is 3. The molecule has 1 aromatic carbocycles. The van der Waals surface area contributed by atoms with Crippen molar-refractivity contribution in [3.05, 3.63) is 22.7 Å². The second kappa shape index (κ2) is 5.60. The molecule has 4 nitrogen and oxygen atoms in total. The van der Waals surface area contributed by atoms with Gasteiger partial charge in [0.2, 0.25) is 0 Å². The van der Waals surface area contributed by atoms with E-state index in [1.165, 1.54) is 0 Å². The zero-order valence-electron chi connectivity index (χ0n) is 8.75. The standard InChI is InChI=1S/C10H14BrN3O/c1-3-13-10(12)14-9-6-7(15-2)4-5-8(9)11/h4-6H,3H2,1-2H3,(H3,12,13,14). The van der Waals surface area contributed by atoms with Gasteiger partial charge in [-0.3, -0.25) is 4.99 Å². The summed E-state index contributed by atoms with van der Waals surface area (Å²) in [6, 6.07) is 5.60. The highest BCUT2D eigenvalue weighted by molar-refractivity contribution is 9.10. The molecule has 0 atom stereocenters. The number of benzene rings is 1. The zero-order chi connectivity index (χ0) is 11.3. The molecule has 3 N–H and O–H groups in total. The molecule has 0 fully saturated rings. The summed E-state index contributed by atoms with van der Waals surface area (Å²) in [5.74, 6) is 1.16. The Morgan fingerprint density at radius 1 is 1.60 bits per heavy atom. The van der Waals surface area contributed by atoms with Crippen LogP contribution in [0.3, 0.4) is 0 Å². The first-order valence-corrected chi connectivity index (χ1v) is 5.37. The number of nitrogens with one attached hydrogen (secondary N) is 1. The molecule has 0 unspecified atom stereocenters. The van der Waals surface area contributed by atoms with Crippen LogP contribution in [-0.2, 0) is 0 Å². The Bertz CT molecular complexity index is 366. The van der Waals surface area contributed by atoms with Crippen LogP contribution in [-0.4, -0.2) is 19.6 Å². The highest BCUT2D eigenvalue weighted by Crippen LogP contribution is 2.26. The lowest BCUT2D eigenvalue weighted by atomic mass is 10.3. The molecule has 1 aromatic rings. The molecule has 0 bridgehead atoms. The lowest BCUT2D eigenvalue weighted by molar-refractivity contribution is 0.415. The Hall–Kier alpha value is -1.23. The fourth-order valence-corrected chi connectivity index (χ4v) is 1.42. The van der Waals surface area contributed by atoms with Crippen LogP contribution in [0.25, 0.3) is 0 Å². The summed E-state index contributed by atoms with van der Waals surface area (Å²) in [5, 5.41) is 2.99. The van der Waals surface area contributed by atoms with E-state index in [9.17, 15) is 0 Å². The average molecular weight is 272 g/mol. The predicted molar refractivity (Wildman–Crippen MR) is 66.5 cm³/mol. The van der Waals surface area contributed by atoms with E-state index < -0.39 is 0 Å². The monoisotopic (exact) mass is 271 g/mol.